The molecular formula is C15H9BrClN3OS. The van der Waals surface area contributed by atoms with E-state index in [9.17, 15) is 4.79 Å². The van der Waals surface area contributed by atoms with E-state index in [2.05, 4.69) is 31.4 Å². The van der Waals surface area contributed by atoms with Crippen LogP contribution in [0.1, 0.15) is 10.4 Å². The molecule has 4 nitrogen and oxygen atoms in total. The molecule has 0 saturated heterocycles. The second kappa shape index (κ2) is 6.56. The van der Waals surface area contributed by atoms with E-state index in [1.165, 1.54) is 11.3 Å². The monoisotopic (exact) mass is 393 g/mol. The maximum Gasteiger partial charge on any atom is 0.257 e. The van der Waals surface area contributed by atoms with Gasteiger partial charge < -0.3 is 0 Å². The van der Waals surface area contributed by atoms with Gasteiger partial charge in [-0.05, 0) is 36.4 Å². The van der Waals surface area contributed by atoms with Gasteiger partial charge in [0.1, 0.15) is 5.01 Å². The third kappa shape index (κ3) is 3.52. The van der Waals surface area contributed by atoms with Crippen LogP contribution in [-0.4, -0.2) is 16.1 Å². The molecular weight excluding hydrogens is 386 g/mol. The predicted molar refractivity (Wildman–Crippen MR) is 92.5 cm³/mol. The van der Waals surface area contributed by atoms with Gasteiger partial charge in [0.25, 0.3) is 5.91 Å². The minimum atomic E-state index is -0.241. The number of anilines is 1. The van der Waals surface area contributed by atoms with Crippen molar-refractivity contribution in [1.82, 2.24) is 10.2 Å². The largest absolute Gasteiger partial charge is 0.296 e. The number of hydrogen-bond acceptors (Lipinski definition) is 4. The summed E-state index contributed by atoms with van der Waals surface area (Å²) >= 11 is 10.5. The fourth-order valence-corrected chi connectivity index (χ4v) is 2.89. The van der Waals surface area contributed by atoms with Crippen LogP contribution < -0.4 is 5.32 Å². The summed E-state index contributed by atoms with van der Waals surface area (Å²) in [6, 6.07) is 14.4. The standard InChI is InChI=1S/C15H9BrClN3OS/c16-11-5-1-10(2-6-11)14-19-20-15(22-14)18-13(21)9-3-7-12(17)8-4-9/h1-8H,(H,18,20,21). The van der Waals surface area contributed by atoms with Gasteiger partial charge in [-0.1, -0.05) is 51.0 Å². The molecule has 3 aromatic rings. The number of halogens is 2. The van der Waals surface area contributed by atoms with Crippen LogP contribution in [0, 0.1) is 0 Å². The molecule has 0 aliphatic rings. The number of amides is 1. The van der Waals surface area contributed by atoms with Crippen molar-refractivity contribution in [3.05, 3.63) is 63.6 Å². The SMILES string of the molecule is O=C(Nc1nnc(-c2ccc(Br)cc2)s1)c1ccc(Cl)cc1. The summed E-state index contributed by atoms with van der Waals surface area (Å²) in [5.74, 6) is -0.241. The second-order valence-electron chi connectivity index (χ2n) is 4.38. The lowest BCUT2D eigenvalue weighted by Gasteiger charge is -2.00. The first-order chi connectivity index (χ1) is 10.6. The Kier molecular flexibility index (Phi) is 4.52. The summed E-state index contributed by atoms with van der Waals surface area (Å²) in [5, 5.41) is 12.6. The van der Waals surface area contributed by atoms with Gasteiger partial charge in [-0.3, -0.25) is 10.1 Å². The maximum absolute atomic E-state index is 12.1. The molecule has 0 fully saturated rings. The Hall–Kier alpha value is -1.76. The van der Waals surface area contributed by atoms with Gasteiger partial charge >= 0.3 is 0 Å². The number of carbonyl (C=O) groups is 1. The Balaban J connectivity index is 1.75. The Morgan fingerprint density at radius 2 is 1.73 bits per heavy atom. The van der Waals surface area contributed by atoms with Gasteiger partial charge in [-0.25, -0.2) is 0 Å². The van der Waals surface area contributed by atoms with Crippen molar-refractivity contribution in [2.45, 2.75) is 0 Å². The number of aromatic nitrogens is 2. The Labute approximate surface area is 144 Å². The first kappa shape index (κ1) is 15.1. The Morgan fingerprint density at radius 3 is 2.41 bits per heavy atom. The normalized spacial score (nSPS) is 10.5. The third-order valence-electron chi connectivity index (χ3n) is 2.84. The zero-order valence-electron chi connectivity index (χ0n) is 11.1. The molecule has 1 N–H and O–H groups in total. The minimum Gasteiger partial charge on any atom is -0.296 e. The van der Waals surface area contributed by atoms with Crippen LogP contribution in [0.3, 0.4) is 0 Å². The first-order valence-corrected chi connectivity index (χ1v) is 8.27. The van der Waals surface area contributed by atoms with Crippen molar-refractivity contribution in [3.8, 4) is 10.6 Å². The second-order valence-corrected chi connectivity index (χ2v) is 6.71. The summed E-state index contributed by atoms with van der Waals surface area (Å²) in [5.41, 5.74) is 1.47. The molecule has 2 aromatic carbocycles. The minimum absolute atomic E-state index is 0.241. The van der Waals surface area contributed by atoms with Crippen LogP contribution in [0.4, 0.5) is 5.13 Å². The number of rotatable bonds is 3. The average Bonchev–Trinajstić information content (AvgIpc) is 2.97. The summed E-state index contributed by atoms with van der Waals surface area (Å²) in [6.07, 6.45) is 0. The molecule has 0 unspecified atom stereocenters. The molecule has 7 heteroatoms. The highest BCUT2D eigenvalue weighted by Gasteiger charge is 2.11. The van der Waals surface area contributed by atoms with E-state index in [-0.39, 0.29) is 5.91 Å². The van der Waals surface area contributed by atoms with Gasteiger partial charge in [0.2, 0.25) is 5.13 Å². The van der Waals surface area contributed by atoms with E-state index in [1.807, 2.05) is 24.3 Å². The fourth-order valence-electron chi connectivity index (χ4n) is 1.75. The molecule has 1 amide bonds. The van der Waals surface area contributed by atoms with Gasteiger partial charge in [-0.15, -0.1) is 10.2 Å². The summed E-state index contributed by atoms with van der Waals surface area (Å²) < 4.78 is 0.997. The molecule has 0 bridgehead atoms. The van der Waals surface area contributed by atoms with Crippen LogP contribution in [0.5, 0.6) is 0 Å². The molecule has 0 radical (unpaired) electrons. The number of carbonyl (C=O) groups excluding carboxylic acids is 1. The molecule has 3 rings (SSSR count). The van der Waals surface area contributed by atoms with E-state index in [0.29, 0.717) is 15.7 Å². The molecule has 110 valence electrons. The fraction of sp³-hybridized carbons (Fsp3) is 0. The lowest BCUT2D eigenvalue weighted by molar-refractivity contribution is 0.102. The van der Waals surface area contributed by atoms with Crippen LogP contribution >= 0.6 is 38.9 Å². The average molecular weight is 395 g/mol. The van der Waals surface area contributed by atoms with Crippen molar-refractivity contribution in [3.63, 3.8) is 0 Å². The van der Waals surface area contributed by atoms with E-state index < -0.39 is 0 Å². The van der Waals surface area contributed by atoms with E-state index in [1.54, 1.807) is 24.3 Å². The van der Waals surface area contributed by atoms with E-state index in [4.69, 9.17) is 11.6 Å². The van der Waals surface area contributed by atoms with Crippen molar-refractivity contribution < 1.29 is 4.79 Å². The van der Waals surface area contributed by atoms with Crippen molar-refractivity contribution in [1.29, 1.82) is 0 Å². The molecule has 22 heavy (non-hydrogen) atoms. The quantitative estimate of drug-likeness (QED) is 0.689. The zero-order valence-corrected chi connectivity index (χ0v) is 14.2. The summed E-state index contributed by atoms with van der Waals surface area (Å²) in [7, 11) is 0. The molecule has 1 aromatic heterocycles. The number of nitrogens with zero attached hydrogens (tertiary/aromatic N) is 2. The summed E-state index contributed by atoms with van der Waals surface area (Å²) in [6.45, 7) is 0. The molecule has 1 heterocycles. The van der Waals surface area contributed by atoms with Crippen LogP contribution in [0.25, 0.3) is 10.6 Å². The van der Waals surface area contributed by atoms with Crippen LogP contribution in [0.15, 0.2) is 53.0 Å². The Bertz CT molecular complexity index is 802. The highest BCUT2D eigenvalue weighted by molar-refractivity contribution is 9.10. The van der Waals surface area contributed by atoms with Crippen molar-refractivity contribution >= 4 is 49.9 Å². The molecule has 0 saturated carbocycles. The lowest BCUT2D eigenvalue weighted by Crippen LogP contribution is -2.11. The maximum atomic E-state index is 12.1. The molecule has 0 aliphatic carbocycles. The van der Waals surface area contributed by atoms with E-state index in [0.717, 1.165) is 15.0 Å². The van der Waals surface area contributed by atoms with Gasteiger partial charge in [-0.2, -0.15) is 0 Å². The van der Waals surface area contributed by atoms with Gasteiger partial charge in [0, 0.05) is 20.6 Å². The highest BCUT2D eigenvalue weighted by atomic mass is 79.9. The Morgan fingerprint density at radius 1 is 1.05 bits per heavy atom. The zero-order chi connectivity index (χ0) is 15.5. The van der Waals surface area contributed by atoms with E-state index >= 15 is 0 Å². The first-order valence-electron chi connectivity index (χ1n) is 6.28. The van der Waals surface area contributed by atoms with Crippen molar-refractivity contribution in [2.75, 3.05) is 5.32 Å². The third-order valence-corrected chi connectivity index (χ3v) is 4.51. The van der Waals surface area contributed by atoms with Crippen LogP contribution in [0.2, 0.25) is 5.02 Å². The topological polar surface area (TPSA) is 54.9 Å². The van der Waals surface area contributed by atoms with Gasteiger partial charge in [0.05, 0.1) is 0 Å². The smallest absolute Gasteiger partial charge is 0.257 e. The predicted octanol–water partition coefficient (Wildman–Crippen LogP) is 4.87. The van der Waals surface area contributed by atoms with Crippen molar-refractivity contribution in [2.24, 2.45) is 0 Å². The van der Waals surface area contributed by atoms with Gasteiger partial charge in [0.15, 0.2) is 0 Å². The summed E-state index contributed by atoms with van der Waals surface area (Å²) in [4.78, 5) is 12.1. The molecule has 0 spiro atoms. The molecule has 0 aliphatic heterocycles. The number of nitrogens with one attached hydrogen (secondary N) is 1. The number of hydrogen-bond donors (Lipinski definition) is 1. The van der Waals surface area contributed by atoms with Crippen LogP contribution in [-0.2, 0) is 0 Å². The molecule has 0 atom stereocenters. The lowest BCUT2D eigenvalue weighted by atomic mass is 10.2. The highest BCUT2D eigenvalue weighted by Crippen LogP contribution is 2.27. The number of benzene rings is 2.